The Morgan fingerprint density at radius 1 is 0.903 bits per heavy atom. The molecular weight excluding hydrogens is 424 g/mol. The van der Waals surface area contributed by atoms with E-state index in [2.05, 4.69) is 53.3 Å². The summed E-state index contributed by atoms with van der Waals surface area (Å²) in [5.74, 6) is 0.232. The highest BCUT2D eigenvalue weighted by Gasteiger charge is 2.36. The third-order valence-corrected chi connectivity index (χ3v) is 7.19. The number of hydrogen-bond donors (Lipinski definition) is 2. The highest BCUT2D eigenvalue weighted by atomic mass is 35.5. The first-order valence-electron chi connectivity index (χ1n) is 10.4. The van der Waals surface area contributed by atoms with Crippen LogP contribution in [0.25, 0.3) is 0 Å². The Hall–Kier alpha value is -2.69. The Morgan fingerprint density at radius 2 is 1.61 bits per heavy atom. The number of fused-ring (bicyclic) bond motifs is 1. The van der Waals surface area contributed by atoms with E-state index in [1.807, 2.05) is 36.4 Å². The fraction of sp³-hybridized carbons (Fsp3) is 0.192. The predicted octanol–water partition coefficient (Wildman–Crippen LogP) is 7.04. The van der Waals surface area contributed by atoms with Gasteiger partial charge in [-0.25, -0.2) is 0 Å². The molecule has 0 amide bonds. The molecule has 1 aliphatic heterocycles. The average Bonchev–Trinajstić information content (AvgIpc) is 2.96. The Labute approximate surface area is 191 Å². The van der Waals surface area contributed by atoms with Crippen molar-refractivity contribution in [3.8, 4) is 0 Å². The number of allylic oxidation sites excluding steroid dienone is 1. The molecule has 31 heavy (non-hydrogen) atoms. The van der Waals surface area contributed by atoms with Gasteiger partial charge in [-0.1, -0.05) is 54.1 Å². The number of ketones is 1. The van der Waals surface area contributed by atoms with E-state index in [1.165, 1.54) is 4.90 Å². The molecule has 0 spiro atoms. The summed E-state index contributed by atoms with van der Waals surface area (Å²) in [6.07, 6.45) is 3.28. The number of para-hydroxylation sites is 2. The second-order valence-electron chi connectivity index (χ2n) is 7.96. The summed E-state index contributed by atoms with van der Waals surface area (Å²) in [4.78, 5) is 14.8. The maximum absolute atomic E-state index is 13.5. The summed E-state index contributed by atoms with van der Waals surface area (Å²) in [6.45, 7) is 0. The molecule has 3 aromatic carbocycles. The molecule has 5 rings (SSSR count). The van der Waals surface area contributed by atoms with Gasteiger partial charge in [-0.15, -0.1) is 11.8 Å². The summed E-state index contributed by atoms with van der Waals surface area (Å²) in [6, 6.07) is 24.3. The van der Waals surface area contributed by atoms with Crippen LogP contribution in [0.1, 0.15) is 35.9 Å². The molecule has 2 N–H and O–H groups in total. The van der Waals surface area contributed by atoms with Crippen molar-refractivity contribution < 1.29 is 4.79 Å². The molecule has 0 fully saturated rings. The Morgan fingerprint density at radius 3 is 2.35 bits per heavy atom. The molecular formula is C26H23ClN2OS. The minimum absolute atomic E-state index is 0.0669. The molecule has 0 radical (unpaired) electrons. The summed E-state index contributed by atoms with van der Waals surface area (Å²) in [5.41, 5.74) is 5.93. The lowest BCUT2D eigenvalue weighted by atomic mass is 9.78. The van der Waals surface area contributed by atoms with Crippen molar-refractivity contribution in [3.63, 3.8) is 0 Å². The molecule has 2 aliphatic rings. The summed E-state index contributed by atoms with van der Waals surface area (Å²) >= 11 is 8.20. The van der Waals surface area contributed by atoms with Gasteiger partial charge in [0.25, 0.3) is 0 Å². The van der Waals surface area contributed by atoms with Crippen LogP contribution in [-0.4, -0.2) is 12.0 Å². The lowest BCUT2D eigenvalue weighted by Crippen LogP contribution is -2.27. The number of benzene rings is 3. The van der Waals surface area contributed by atoms with Crippen molar-refractivity contribution in [1.29, 1.82) is 0 Å². The van der Waals surface area contributed by atoms with Gasteiger partial charge in [0.1, 0.15) is 0 Å². The van der Waals surface area contributed by atoms with Crippen LogP contribution in [0.5, 0.6) is 0 Å². The number of carbonyl (C=O) groups excluding carboxylic acids is 1. The molecule has 1 heterocycles. The topological polar surface area (TPSA) is 41.1 Å². The molecule has 5 heteroatoms. The van der Waals surface area contributed by atoms with Crippen molar-refractivity contribution in [3.05, 3.63) is 100 Å². The first-order valence-corrected chi connectivity index (χ1v) is 12.0. The van der Waals surface area contributed by atoms with Crippen molar-refractivity contribution >= 4 is 40.5 Å². The van der Waals surface area contributed by atoms with E-state index >= 15 is 0 Å². The number of Topliss-reactive ketones (excluding diaryl/α,β-unsaturated/α-hetero) is 1. The lowest BCUT2D eigenvalue weighted by molar-refractivity contribution is -0.116. The van der Waals surface area contributed by atoms with Crippen molar-refractivity contribution in [2.75, 3.05) is 16.9 Å². The molecule has 2 atom stereocenters. The van der Waals surface area contributed by atoms with E-state index in [4.69, 9.17) is 11.6 Å². The van der Waals surface area contributed by atoms with Crippen LogP contribution in [0.3, 0.4) is 0 Å². The molecule has 3 nitrogen and oxygen atoms in total. The van der Waals surface area contributed by atoms with Crippen molar-refractivity contribution in [2.24, 2.45) is 0 Å². The van der Waals surface area contributed by atoms with Gasteiger partial charge in [-0.3, -0.25) is 4.79 Å². The smallest absolute Gasteiger partial charge is 0.163 e. The minimum Gasteiger partial charge on any atom is -0.372 e. The van der Waals surface area contributed by atoms with E-state index in [0.717, 1.165) is 45.2 Å². The zero-order valence-electron chi connectivity index (χ0n) is 17.2. The largest absolute Gasteiger partial charge is 0.372 e. The van der Waals surface area contributed by atoms with E-state index < -0.39 is 0 Å². The molecule has 156 valence electrons. The van der Waals surface area contributed by atoms with Crippen LogP contribution in [0.15, 0.2) is 89.0 Å². The number of carbonyl (C=O) groups is 1. The van der Waals surface area contributed by atoms with Gasteiger partial charge in [0.2, 0.25) is 0 Å². The van der Waals surface area contributed by atoms with Gasteiger partial charge in [-0.05, 0) is 60.1 Å². The van der Waals surface area contributed by atoms with E-state index in [9.17, 15) is 4.79 Å². The fourth-order valence-electron chi connectivity index (χ4n) is 4.56. The second-order valence-corrected chi connectivity index (χ2v) is 9.25. The summed E-state index contributed by atoms with van der Waals surface area (Å²) in [7, 11) is 0. The molecule has 2 unspecified atom stereocenters. The maximum Gasteiger partial charge on any atom is 0.163 e. The number of anilines is 2. The van der Waals surface area contributed by atoms with Gasteiger partial charge < -0.3 is 10.6 Å². The minimum atomic E-state index is -0.193. The van der Waals surface area contributed by atoms with Crippen LogP contribution in [0, 0.1) is 0 Å². The Kier molecular flexibility index (Phi) is 5.51. The molecule has 0 aromatic heterocycles. The van der Waals surface area contributed by atoms with Gasteiger partial charge in [0.15, 0.2) is 5.78 Å². The first kappa shape index (κ1) is 20.2. The molecule has 3 aromatic rings. The zero-order valence-corrected chi connectivity index (χ0v) is 18.8. The monoisotopic (exact) mass is 446 g/mol. The van der Waals surface area contributed by atoms with Crippen LogP contribution in [0.2, 0.25) is 5.02 Å². The van der Waals surface area contributed by atoms with Crippen molar-refractivity contribution in [2.45, 2.75) is 29.7 Å². The van der Waals surface area contributed by atoms with E-state index in [1.54, 1.807) is 11.8 Å². The van der Waals surface area contributed by atoms with Gasteiger partial charge >= 0.3 is 0 Å². The first-order chi connectivity index (χ1) is 15.1. The zero-order chi connectivity index (χ0) is 21.4. The third kappa shape index (κ3) is 3.86. The molecule has 1 aliphatic carbocycles. The lowest BCUT2D eigenvalue weighted by Gasteiger charge is -2.30. The molecule has 0 saturated heterocycles. The standard InChI is InChI=1S/C26H23ClN2OS/c1-31-18-12-10-16(11-13-18)26-25-23(28-21-8-4-5-9-22(21)29-26)14-17(15-24(25)30)19-6-2-3-7-20(19)27/h2-13,17,26,28-29H,14-15H2,1H3. The number of halogens is 1. The van der Waals surface area contributed by atoms with Crippen LogP contribution in [-0.2, 0) is 4.79 Å². The highest BCUT2D eigenvalue weighted by molar-refractivity contribution is 7.98. The van der Waals surface area contributed by atoms with E-state index in [-0.39, 0.29) is 17.7 Å². The average molecular weight is 447 g/mol. The van der Waals surface area contributed by atoms with Gasteiger partial charge in [0, 0.05) is 27.6 Å². The summed E-state index contributed by atoms with van der Waals surface area (Å²) < 4.78 is 0. The third-order valence-electron chi connectivity index (χ3n) is 6.10. The SMILES string of the molecule is CSc1ccc(C2Nc3ccccc3NC3=C2C(=O)CC(c2ccccc2Cl)C3)cc1. The Bertz CT molecular complexity index is 1170. The van der Waals surface area contributed by atoms with E-state index in [0.29, 0.717) is 6.42 Å². The van der Waals surface area contributed by atoms with Crippen molar-refractivity contribution in [1.82, 2.24) is 0 Å². The summed E-state index contributed by atoms with van der Waals surface area (Å²) in [5, 5.41) is 7.94. The number of nitrogens with one attached hydrogen (secondary N) is 2. The highest BCUT2D eigenvalue weighted by Crippen LogP contribution is 2.45. The fourth-order valence-corrected chi connectivity index (χ4v) is 5.26. The molecule has 0 bridgehead atoms. The van der Waals surface area contributed by atoms with Gasteiger partial charge in [-0.2, -0.15) is 0 Å². The maximum atomic E-state index is 13.5. The number of thioether (sulfide) groups is 1. The van der Waals surface area contributed by atoms with Crippen LogP contribution in [0.4, 0.5) is 11.4 Å². The normalized spacial score (nSPS) is 20.3. The van der Waals surface area contributed by atoms with Crippen LogP contribution < -0.4 is 10.6 Å². The number of rotatable bonds is 3. The second kappa shape index (κ2) is 8.45. The van der Waals surface area contributed by atoms with Crippen LogP contribution >= 0.6 is 23.4 Å². The quantitative estimate of drug-likeness (QED) is 0.423. The molecule has 0 saturated carbocycles. The predicted molar refractivity (Wildman–Crippen MR) is 130 cm³/mol. The number of hydrogen-bond acceptors (Lipinski definition) is 4. The van der Waals surface area contributed by atoms with Gasteiger partial charge in [0.05, 0.1) is 17.4 Å². The Balaban J connectivity index is 1.60.